The fourth-order valence-corrected chi connectivity index (χ4v) is 2.87. The lowest BCUT2D eigenvalue weighted by atomic mass is 9.97. The van der Waals surface area contributed by atoms with Crippen LogP contribution in [0.4, 0.5) is 0 Å². The second kappa shape index (κ2) is 7.00. The van der Waals surface area contributed by atoms with Gasteiger partial charge in [-0.1, -0.05) is 35.0 Å². The van der Waals surface area contributed by atoms with E-state index >= 15 is 0 Å². The predicted molar refractivity (Wildman–Crippen MR) is 88.0 cm³/mol. The minimum Gasteiger partial charge on any atom is -0.310 e. The van der Waals surface area contributed by atoms with Crippen LogP contribution >= 0.6 is 15.9 Å². The van der Waals surface area contributed by atoms with Crippen molar-refractivity contribution in [1.29, 1.82) is 0 Å². The molecule has 106 valence electrons. The van der Waals surface area contributed by atoms with Crippen molar-refractivity contribution in [3.63, 3.8) is 0 Å². The summed E-state index contributed by atoms with van der Waals surface area (Å²) in [5, 5.41) is 3.57. The number of likely N-dealkylation sites (N-methyl/N-ethyl adjacent to an activating group) is 1. The largest absolute Gasteiger partial charge is 0.310 e. The lowest BCUT2D eigenvalue weighted by Crippen LogP contribution is -2.24. The van der Waals surface area contributed by atoms with Gasteiger partial charge in [0.2, 0.25) is 0 Å². The summed E-state index contributed by atoms with van der Waals surface area (Å²) in [5.41, 5.74) is 4.98. The van der Waals surface area contributed by atoms with Gasteiger partial charge in [0, 0.05) is 28.8 Å². The first-order valence-corrected chi connectivity index (χ1v) is 7.80. The molecule has 0 fully saturated rings. The molecule has 0 amide bonds. The normalized spacial score (nSPS) is 12.4. The van der Waals surface area contributed by atoms with Gasteiger partial charge in [0.25, 0.3) is 0 Å². The van der Waals surface area contributed by atoms with Gasteiger partial charge in [-0.25, -0.2) is 0 Å². The van der Waals surface area contributed by atoms with Crippen LogP contribution in [-0.2, 0) is 6.42 Å². The van der Waals surface area contributed by atoms with E-state index in [2.05, 4.69) is 77.3 Å². The van der Waals surface area contributed by atoms with E-state index in [9.17, 15) is 0 Å². The average molecular weight is 333 g/mol. The van der Waals surface area contributed by atoms with Gasteiger partial charge in [-0.2, -0.15) is 0 Å². The molecule has 1 aromatic carbocycles. The lowest BCUT2D eigenvalue weighted by molar-refractivity contribution is 0.541. The number of aromatic nitrogens is 1. The molecule has 1 unspecified atom stereocenters. The summed E-state index contributed by atoms with van der Waals surface area (Å²) in [6, 6.07) is 11.0. The van der Waals surface area contributed by atoms with Gasteiger partial charge >= 0.3 is 0 Å². The van der Waals surface area contributed by atoms with E-state index in [-0.39, 0.29) is 0 Å². The Morgan fingerprint density at radius 1 is 1.20 bits per heavy atom. The van der Waals surface area contributed by atoms with Crippen molar-refractivity contribution in [2.45, 2.75) is 33.2 Å². The lowest BCUT2D eigenvalue weighted by Gasteiger charge is -2.20. The van der Waals surface area contributed by atoms with E-state index < -0.39 is 0 Å². The second-order valence-corrected chi connectivity index (χ2v) is 6.06. The van der Waals surface area contributed by atoms with Gasteiger partial charge in [0.05, 0.1) is 0 Å². The topological polar surface area (TPSA) is 24.9 Å². The maximum Gasteiger partial charge on any atom is 0.0422 e. The maximum atomic E-state index is 4.52. The van der Waals surface area contributed by atoms with E-state index in [0.29, 0.717) is 6.04 Å². The molecule has 2 rings (SSSR count). The first kappa shape index (κ1) is 15.2. The smallest absolute Gasteiger partial charge is 0.0422 e. The molecule has 20 heavy (non-hydrogen) atoms. The zero-order chi connectivity index (χ0) is 14.5. The number of pyridine rings is 1. The van der Waals surface area contributed by atoms with Crippen LogP contribution < -0.4 is 5.32 Å². The fraction of sp³-hybridized carbons (Fsp3) is 0.353. The average Bonchev–Trinajstić information content (AvgIpc) is 2.41. The Morgan fingerprint density at radius 3 is 2.60 bits per heavy atom. The third-order valence-corrected chi connectivity index (χ3v) is 3.94. The summed E-state index contributed by atoms with van der Waals surface area (Å²) in [6.45, 7) is 7.32. The van der Waals surface area contributed by atoms with Gasteiger partial charge in [-0.05, 0) is 55.3 Å². The molecule has 0 radical (unpaired) electrons. The van der Waals surface area contributed by atoms with Crippen LogP contribution in [0.3, 0.4) is 0 Å². The molecule has 0 saturated heterocycles. The first-order valence-electron chi connectivity index (χ1n) is 7.01. The van der Waals surface area contributed by atoms with Gasteiger partial charge in [0.15, 0.2) is 0 Å². The monoisotopic (exact) mass is 332 g/mol. The Kier molecular flexibility index (Phi) is 5.32. The number of rotatable bonds is 5. The van der Waals surface area contributed by atoms with Crippen LogP contribution in [0.1, 0.15) is 35.3 Å². The summed E-state index contributed by atoms with van der Waals surface area (Å²) in [4.78, 5) is 4.52. The van der Waals surface area contributed by atoms with Gasteiger partial charge in [-0.15, -0.1) is 0 Å². The van der Waals surface area contributed by atoms with Gasteiger partial charge in [-0.3, -0.25) is 4.98 Å². The highest BCUT2D eigenvalue weighted by Gasteiger charge is 2.14. The molecule has 1 N–H and O–H groups in total. The summed E-state index contributed by atoms with van der Waals surface area (Å²) >= 11 is 3.53. The molecule has 0 aliphatic heterocycles. The molecule has 2 aromatic rings. The highest BCUT2D eigenvalue weighted by Crippen LogP contribution is 2.24. The van der Waals surface area contributed by atoms with Crippen molar-refractivity contribution in [3.05, 3.63) is 63.4 Å². The zero-order valence-corrected chi connectivity index (χ0v) is 13.9. The molecule has 3 heteroatoms. The summed E-state index contributed by atoms with van der Waals surface area (Å²) in [6.07, 6.45) is 2.85. The minimum atomic E-state index is 0.309. The Morgan fingerprint density at radius 2 is 2.00 bits per heavy atom. The standard InChI is InChI=1S/C17H21BrN2/c1-4-19-17(10-15-7-5-12(2)11-20-15)16-8-6-14(18)9-13(16)3/h5-9,11,17,19H,4,10H2,1-3H3. The number of benzene rings is 1. The Bertz CT molecular complexity index is 564. The molecule has 0 saturated carbocycles. The number of nitrogens with zero attached hydrogens (tertiary/aromatic N) is 1. The quantitative estimate of drug-likeness (QED) is 0.880. The summed E-state index contributed by atoms with van der Waals surface area (Å²) in [7, 11) is 0. The molecule has 1 heterocycles. The predicted octanol–water partition coefficient (Wildman–Crippen LogP) is 4.35. The number of nitrogens with one attached hydrogen (secondary N) is 1. The Labute approximate surface area is 129 Å². The highest BCUT2D eigenvalue weighted by atomic mass is 79.9. The molecule has 0 spiro atoms. The minimum absolute atomic E-state index is 0.309. The van der Waals surface area contributed by atoms with Crippen molar-refractivity contribution in [2.75, 3.05) is 6.54 Å². The third kappa shape index (κ3) is 3.90. The second-order valence-electron chi connectivity index (χ2n) is 5.14. The van der Waals surface area contributed by atoms with E-state index in [1.807, 2.05) is 6.20 Å². The van der Waals surface area contributed by atoms with E-state index in [4.69, 9.17) is 0 Å². The van der Waals surface area contributed by atoms with Crippen LogP contribution in [0.15, 0.2) is 41.0 Å². The molecule has 0 bridgehead atoms. The number of hydrogen-bond donors (Lipinski definition) is 1. The van der Waals surface area contributed by atoms with Crippen LogP contribution in [0.5, 0.6) is 0 Å². The molecular formula is C17H21BrN2. The van der Waals surface area contributed by atoms with Crippen molar-refractivity contribution in [1.82, 2.24) is 10.3 Å². The first-order chi connectivity index (χ1) is 9.60. The van der Waals surface area contributed by atoms with Gasteiger partial charge in [0.1, 0.15) is 0 Å². The maximum absolute atomic E-state index is 4.52. The molecule has 1 atom stereocenters. The van der Waals surface area contributed by atoms with Crippen molar-refractivity contribution in [3.8, 4) is 0 Å². The zero-order valence-electron chi connectivity index (χ0n) is 12.3. The van der Waals surface area contributed by atoms with E-state index in [0.717, 1.165) is 23.1 Å². The van der Waals surface area contributed by atoms with Crippen LogP contribution in [0, 0.1) is 13.8 Å². The van der Waals surface area contributed by atoms with Crippen LogP contribution in [-0.4, -0.2) is 11.5 Å². The van der Waals surface area contributed by atoms with Crippen molar-refractivity contribution < 1.29 is 0 Å². The van der Waals surface area contributed by atoms with Gasteiger partial charge < -0.3 is 5.32 Å². The van der Waals surface area contributed by atoms with Crippen molar-refractivity contribution in [2.24, 2.45) is 0 Å². The Balaban J connectivity index is 2.24. The molecule has 0 aliphatic rings. The molecular weight excluding hydrogens is 312 g/mol. The fourth-order valence-electron chi connectivity index (χ4n) is 2.40. The molecule has 0 aliphatic carbocycles. The highest BCUT2D eigenvalue weighted by molar-refractivity contribution is 9.10. The number of hydrogen-bond acceptors (Lipinski definition) is 2. The summed E-state index contributed by atoms with van der Waals surface area (Å²) < 4.78 is 1.13. The van der Waals surface area contributed by atoms with Crippen LogP contribution in [0.2, 0.25) is 0 Å². The van der Waals surface area contributed by atoms with E-state index in [1.54, 1.807) is 0 Å². The molecule has 2 nitrogen and oxygen atoms in total. The number of halogens is 1. The Hall–Kier alpha value is -1.19. The summed E-state index contributed by atoms with van der Waals surface area (Å²) in [5.74, 6) is 0. The SMILES string of the molecule is CCNC(Cc1ccc(C)cn1)c1ccc(Br)cc1C. The molecule has 1 aromatic heterocycles. The van der Waals surface area contributed by atoms with Crippen molar-refractivity contribution >= 4 is 15.9 Å². The third-order valence-electron chi connectivity index (χ3n) is 3.44. The number of aryl methyl sites for hydroxylation is 2. The van der Waals surface area contributed by atoms with E-state index in [1.165, 1.54) is 16.7 Å². The van der Waals surface area contributed by atoms with Crippen LogP contribution in [0.25, 0.3) is 0 Å².